The number of hydrogen-bond acceptors (Lipinski definition) is 5. The van der Waals surface area contributed by atoms with E-state index < -0.39 is 18.1 Å². The van der Waals surface area contributed by atoms with Crippen molar-refractivity contribution in [2.24, 2.45) is 0 Å². The molecule has 0 saturated heterocycles. The van der Waals surface area contributed by atoms with Gasteiger partial charge in [0.15, 0.2) is 5.15 Å². The monoisotopic (exact) mass is 428 g/mol. The van der Waals surface area contributed by atoms with E-state index >= 15 is 0 Å². The molecule has 0 aliphatic rings. The molecule has 1 heterocycles. The SMILES string of the molecule is CCOC(=O)c1c(Cl)nc(Cl)c(Cl)c1Nc1ccc(OC(F)(F)F)cc1. The molecule has 0 aliphatic heterocycles. The summed E-state index contributed by atoms with van der Waals surface area (Å²) >= 11 is 17.9. The van der Waals surface area contributed by atoms with Gasteiger partial charge in [-0.1, -0.05) is 34.8 Å². The summed E-state index contributed by atoms with van der Waals surface area (Å²) in [6.07, 6.45) is -4.80. The molecule has 2 aromatic rings. The van der Waals surface area contributed by atoms with Gasteiger partial charge >= 0.3 is 12.3 Å². The Kier molecular flexibility index (Phi) is 6.44. The lowest BCUT2D eigenvalue weighted by atomic mass is 10.2. The van der Waals surface area contributed by atoms with Crippen LogP contribution in [-0.4, -0.2) is 23.9 Å². The minimum Gasteiger partial charge on any atom is -0.462 e. The number of nitrogens with zero attached hydrogens (tertiary/aromatic N) is 1. The van der Waals surface area contributed by atoms with Gasteiger partial charge in [-0.3, -0.25) is 0 Å². The van der Waals surface area contributed by atoms with Gasteiger partial charge < -0.3 is 14.8 Å². The first-order valence-electron chi connectivity index (χ1n) is 6.96. The van der Waals surface area contributed by atoms with Crippen molar-refractivity contribution in [1.29, 1.82) is 0 Å². The van der Waals surface area contributed by atoms with Gasteiger partial charge in [-0.05, 0) is 31.2 Å². The van der Waals surface area contributed by atoms with E-state index in [4.69, 9.17) is 39.5 Å². The van der Waals surface area contributed by atoms with Gasteiger partial charge in [0.2, 0.25) is 0 Å². The van der Waals surface area contributed by atoms with Crippen LogP contribution in [-0.2, 0) is 4.74 Å². The van der Waals surface area contributed by atoms with Crippen molar-refractivity contribution in [3.63, 3.8) is 0 Å². The van der Waals surface area contributed by atoms with Crippen molar-refractivity contribution in [1.82, 2.24) is 4.98 Å². The summed E-state index contributed by atoms with van der Waals surface area (Å²) in [5.41, 5.74) is 0.156. The van der Waals surface area contributed by atoms with Crippen LogP contribution in [0.15, 0.2) is 24.3 Å². The maximum Gasteiger partial charge on any atom is 0.573 e. The number of rotatable bonds is 5. The van der Waals surface area contributed by atoms with E-state index in [9.17, 15) is 18.0 Å². The minimum absolute atomic E-state index is 0.0135. The number of hydrogen-bond donors (Lipinski definition) is 1. The number of nitrogens with one attached hydrogen (secondary N) is 1. The first-order chi connectivity index (χ1) is 12.1. The zero-order chi connectivity index (χ0) is 19.5. The van der Waals surface area contributed by atoms with Gasteiger partial charge in [0.05, 0.1) is 12.3 Å². The number of alkyl halides is 3. The molecular weight excluding hydrogens is 420 g/mol. The minimum atomic E-state index is -4.80. The second-order valence-electron chi connectivity index (χ2n) is 4.68. The average Bonchev–Trinajstić information content (AvgIpc) is 2.53. The van der Waals surface area contributed by atoms with Crippen LogP contribution in [0.5, 0.6) is 5.75 Å². The number of halogens is 6. The number of benzene rings is 1. The van der Waals surface area contributed by atoms with Gasteiger partial charge in [-0.25, -0.2) is 9.78 Å². The van der Waals surface area contributed by atoms with Crippen LogP contribution in [0.2, 0.25) is 15.3 Å². The average molecular weight is 430 g/mol. The molecule has 0 atom stereocenters. The molecule has 140 valence electrons. The van der Waals surface area contributed by atoms with Gasteiger partial charge in [-0.15, -0.1) is 13.2 Å². The molecule has 0 fully saturated rings. The third kappa shape index (κ3) is 5.06. The second-order valence-corrected chi connectivity index (χ2v) is 5.77. The Bertz CT molecular complexity index is 815. The van der Waals surface area contributed by atoms with Crippen LogP contribution in [0, 0.1) is 0 Å². The van der Waals surface area contributed by atoms with E-state index in [1.165, 1.54) is 12.1 Å². The Morgan fingerprint density at radius 2 is 1.77 bits per heavy atom. The number of anilines is 2. The quantitative estimate of drug-likeness (QED) is 0.476. The lowest BCUT2D eigenvalue weighted by Crippen LogP contribution is -2.17. The molecule has 0 radical (unpaired) electrons. The number of carbonyl (C=O) groups excluding carboxylic acids is 1. The highest BCUT2D eigenvalue weighted by atomic mass is 35.5. The van der Waals surface area contributed by atoms with Crippen molar-refractivity contribution in [3.8, 4) is 5.75 Å². The third-order valence-corrected chi connectivity index (χ3v) is 3.90. The fourth-order valence-electron chi connectivity index (χ4n) is 1.90. The van der Waals surface area contributed by atoms with Crippen LogP contribution in [0.1, 0.15) is 17.3 Å². The molecule has 0 saturated carbocycles. The van der Waals surface area contributed by atoms with Crippen LogP contribution >= 0.6 is 34.8 Å². The molecule has 2 rings (SSSR count). The van der Waals surface area contributed by atoms with Crippen molar-refractivity contribution >= 4 is 52.1 Å². The molecule has 11 heteroatoms. The van der Waals surface area contributed by atoms with E-state index in [2.05, 4.69) is 15.0 Å². The van der Waals surface area contributed by atoms with E-state index in [1.807, 2.05) is 0 Å². The number of esters is 1. The summed E-state index contributed by atoms with van der Waals surface area (Å²) < 4.78 is 45.3. The Morgan fingerprint density at radius 3 is 2.31 bits per heavy atom. The molecule has 5 nitrogen and oxygen atoms in total. The van der Waals surface area contributed by atoms with Crippen LogP contribution in [0.3, 0.4) is 0 Å². The fraction of sp³-hybridized carbons (Fsp3) is 0.200. The van der Waals surface area contributed by atoms with Crippen LogP contribution < -0.4 is 10.1 Å². The number of ether oxygens (including phenoxy) is 2. The highest BCUT2D eigenvalue weighted by molar-refractivity contribution is 6.45. The Labute approximate surface area is 161 Å². The van der Waals surface area contributed by atoms with Gasteiger partial charge in [0, 0.05) is 5.69 Å². The molecule has 0 spiro atoms. The Balaban J connectivity index is 2.38. The predicted molar refractivity (Wildman–Crippen MR) is 91.6 cm³/mol. The summed E-state index contributed by atoms with van der Waals surface area (Å²) in [6.45, 7) is 1.68. The zero-order valence-electron chi connectivity index (χ0n) is 13.0. The van der Waals surface area contributed by atoms with E-state index in [1.54, 1.807) is 6.92 Å². The highest BCUT2D eigenvalue weighted by Gasteiger charge is 2.31. The van der Waals surface area contributed by atoms with E-state index in [0.717, 1.165) is 12.1 Å². The van der Waals surface area contributed by atoms with Gasteiger partial charge in [-0.2, -0.15) is 0 Å². The van der Waals surface area contributed by atoms with Gasteiger partial charge in [0.25, 0.3) is 0 Å². The first kappa shape index (κ1) is 20.4. The third-order valence-electron chi connectivity index (χ3n) is 2.89. The second kappa shape index (κ2) is 8.20. The summed E-state index contributed by atoms with van der Waals surface area (Å²) in [5, 5.41) is 2.27. The summed E-state index contributed by atoms with van der Waals surface area (Å²) in [7, 11) is 0. The molecule has 1 aromatic carbocycles. The Hall–Kier alpha value is -1.90. The number of carbonyl (C=O) groups is 1. The molecule has 0 aliphatic carbocycles. The summed E-state index contributed by atoms with van der Waals surface area (Å²) in [4.78, 5) is 15.9. The normalized spacial score (nSPS) is 11.2. The lowest BCUT2D eigenvalue weighted by molar-refractivity contribution is -0.274. The van der Waals surface area contributed by atoms with Crippen LogP contribution in [0.25, 0.3) is 0 Å². The van der Waals surface area contributed by atoms with Crippen molar-refractivity contribution in [2.75, 3.05) is 11.9 Å². The molecule has 0 bridgehead atoms. The molecule has 26 heavy (non-hydrogen) atoms. The first-order valence-corrected chi connectivity index (χ1v) is 8.10. The molecule has 1 N–H and O–H groups in total. The lowest BCUT2D eigenvalue weighted by Gasteiger charge is -2.15. The Morgan fingerprint density at radius 1 is 1.15 bits per heavy atom. The summed E-state index contributed by atoms with van der Waals surface area (Å²) in [6, 6.07) is 4.74. The van der Waals surface area contributed by atoms with Crippen LogP contribution in [0.4, 0.5) is 24.5 Å². The fourth-order valence-corrected chi connectivity index (χ4v) is 2.56. The van der Waals surface area contributed by atoms with E-state index in [0.29, 0.717) is 5.69 Å². The van der Waals surface area contributed by atoms with E-state index in [-0.39, 0.29) is 33.2 Å². The maximum atomic E-state index is 12.2. The number of pyridine rings is 1. The maximum absolute atomic E-state index is 12.2. The molecule has 0 unspecified atom stereocenters. The number of aromatic nitrogens is 1. The molecular formula is C15H10Cl3F3N2O3. The van der Waals surface area contributed by atoms with Crippen molar-refractivity contribution in [2.45, 2.75) is 13.3 Å². The highest BCUT2D eigenvalue weighted by Crippen LogP contribution is 2.38. The molecule has 0 amide bonds. The molecule has 1 aromatic heterocycles. The zero-order valence-corrected chi connectivity index (χ0v) is 15.2. The van der Waals surface area contributed by atoms with Gasteiger partial charge in [0.1, 0.15) is 21.5 Å². The smallest absolute Gasteiger partial charge is 0.462 e. The standard InChI is InChI=1S/C15H10Cl3F3N2O3/c1-2-25-14(24)9-11(10(16)13(18)23-12(9)17)22-7-3-5-8(6-4-7)26-15(19,20)21/h3-6H,2H2,1H3,(H,22,23). The topological polar surface area (TPSA) is 60.5 Å². The van der Waals surface area contributed by atoms with Crippen molar-refractivity contribution < 1.29 is 27.4 Å². The largest absolute Gasteiger partial charge is 0.573 e. The summed E-state index contributed by atoms with van der Waals surface area (Å²) in [5.74, 6) is -1.20. The predicted octanol–water partition coefficient (Wildman–Crippen LogP) is 5.86. The van der Waals surface area contributed by atoms with Crippen molar-refractivity contribution in [3.05, 3.63) is 45.2 Å².